The van der Waals surface area contributed by atoms with Crippen molar-refractivity contribution in [3.05, 3.63) is 12.2 Å². The molecule has 0 aromatic heterocycles. The first-order valence-electron chi connectivity index (χ1n) is 5.02. The molecule has 0 saturated heterocycles. The first-order chi connectivity index (χ1) is 7.22. The zero-order valence-electron chi connectivity index (χ0n) is 9.40. The van der Waals surface area contributed by atoms with Crippen molar-refractivity contribution in [2.75, 3.05) is 26.8 Å². The Morgan fingerprint density at radius 2 is 2.33 bits per heavy atom. The third-order valence-electron chi connectivity index (χ3n) is 1.89. The van der Waals surface area contributed by atoms with E-state index >= 15 is 0 Å². The molecule has 4 nitrogen and oxygen atoms in total. The van der Waals surface area contributed by atoms with E-state index in [9.17, 15) is 4.79 Å². The smallest absolute Gasteiger partial charge is 0.224 e. The molecule has 0 saturated carbocycles. The van der Waals surface area contributed by atoms with Gasteiger partial charge in [0.15, 0.2) is 0 Å². The van der Waals surface area contributed by atoms with E-state index in [1.807, 2.05) is 25.1 Å². The van der Waals surface area contributed by atoms with Gasteiger partial charge in [0.2, 0.25) is 5.91 Å². The Balaban J connectivity index is 3.51. The number of allylic oxidation sites excluding steroid dienone is 1. The van der Waals surface area contributed by atoms with Crippen molar-refractivity contribution < 1.29 is 9.53 Å². The van der Waals surface area contributed by atoms with Crippen molar-refractivity contribution in [1.82, 2.24) is 4.90 Å². The SMILES string of the molecule is C/C=C/COCCC(=O)N(C)CCC#N. The van der Waals surface area contributed by atoms with Gasteiger partial charge in [-0.25, -0.2) is 0 Å². The molecule has 84 valence electrons. The molecule has 0 aromatic carbocycles. The second-order valence-corrected chi connectivity index (χ2v) is 3.12. The fourth-order valence-corrected chi connectivity index (χ4v) is 0.940. The molecule has 0 aliphatic carbocycles. The van der Waals surface area contributed by atoms with E-state index in [2.05, 4.69) is 0 Å². The van der Waals surface area contributed by atoms with Crippen molar-refractivity contribution in [2.24, 2.45) is 0 Å². The maximum absolute atomic E-state index is 11.4. The quantitative estimate of drug-likeness (QED) is 0.470. The minimum absolute atomic E-state index is 0.0192. The third-order valence-corrected chi connectivity index (χ3v) is 1.89. The number of nitrogens with zero attached hydrogens (tertiary/aromatic N) is 2. The van der Waals surface area contributed by atoms with E-state index in [0.717, 1.165) is 0 Å². The molecular weight excluding hydrogens is 192 g/mol. The third kappa shape index (κ3) is 7.71. The summed E-state index contributed by atoms with van der Waals surface area (Å²) in [7, 11) is 1.70. The van der Waals surface area contributed by atoms with Gasteiger partial charge < -0.3 is 9.64 Å². The average molecular weight is 210 g/mol. The molecule has 0 fully saturated rings. The largest absolute Gasteiger partial charge is 0.377 e. The fourth-order valence-electron chi connectivity index (χ4n) is 0.940. The molecule has 0 heterocycles. The van der Waals surface area contributed by atoms with E-state index in [1.165, 1.54) is 0 Å². The summed E-state index contributed by atoms with van der Waals surface area (Å²) in [4.78, 5) is 13.0. The molecule has 0 atom stereocenters. The fraction of sp³-hybridized carbons (Fsp3) is 0.636. The van der Waals surface area contributed by atoms with E-state index in [-0.39, 0.29) is 5.91 Å². The Hall–Kier alpha value is -1.34. The van der Waals surface area contributed by atoms with E-state index in [0.29, 0.717) is 32.6 Å². The van der Waals surface area contributed by atoms with Gasteiger partial charge in [-0.1, -0.05) is 12.2 Å². The molecule has 0 rings (SSSR count). The van der Waals surface area contributed by atoms with Crippen LogP contribution in [0.4, 0.5) is 0 Å². The zero-order chi connectivity index (χ0) is 11.5. The van der Waals surface area contributed by atoms with Crippen molar-refractivity contribution in [3.63, 3.8) is 0 Å². The number of hydrogen-bond donors (Lipinski definition) is 0. The maximum atomic E-state index is 11.4. The van der Waals surface area contributed by atoms with Crippen LogP contribution in [0.5, 0.6) is 0 Å². The van der Waals surface area contributed by atoms with E-state index in [4.69, 9.17) is 10.00 Å². The standard InChI is InChI=1S/C11H18N2O2/c1-3-4-9-15-10-6-11(14)13(2)8-5-7-12/h3-4H,5-6,8-10H2,1-2H3/b4-3+. The van der Waals surface area contributed by atoms with Crippen LogP contribution >= 0.6 is 0 Å². The Labute approximate surface area is 91.1 Å². The molecule has 0 aliphatic rings. The highest BCUT2D eigenvalue weighted by Gasteiger charge is 2.06. The topological polar surface area (TPSA) is 53.3 Å². The van der Waals surface area contributed by atoms with Gasteiger partial charge in [-0.05, 0) is 6.92 Å². The molecular formula is C11H18N2O2. The highest BCUT2D eigenvalue weighted by Crippen LogP contribution is 1.93. The lowest BCUT2D eigenvalue weighted by atomic mass is 10.3. The molecule has 0 radical (unpaired) electrons. The molecule has 0 aliphatic heterocycles. The van der Waals surface area contributed by atoms with Crippen LogP contribution in [0.25, 0.3) is 0 Å². The van der Waals surface area contributed by atoms with Gasteiger partial charge in [-0.3, -0.25) is 4.79 Å². The summed E-state index contributed by atoms with van der Waals surface area (Å²) in [5, 5.41) is 8.35. The van der Waals surface area contributed by atoms with Crippen molar-refractivity contribution in [2.45, 2.75) is 19.8 Å². The van der Waals surface area contributed by atoms with E-state index < -0.39 is 0 Å². The number of ether oxygens (including phenoxy) is 1. The van der Waals surface area contributed by atoms with Gasteiger partial charge in [0.05, 0.1) is 32.1 Å². The zero-order valence-corrected chi connectivity index (χ0v) is 9.40. The number of amides is 1. The van der Waals surface area contributed by atoms with Crippen LogP contribution in [0.15, 0.2) is 12.2 Å². The minimum Gasteiger partial charge on any atom is -0.377 e. The van der Waals surface area contributed by atoms with Gasteiger partial charge in [0, 0.05) is 13.6 Å². The van der Waals surface area contributed by atoms with E-state index in [1.54, 1.807) is 11.9 Å². The number of nitriles is 1. The first-order valence-corrected chi connectivity index (χ1v) is 5.02. The predicted molar refractivity (Wildman–Crippen MR) is 58.1 cm³/mol. The summed E-state index contributed by atoms with van der Waals surface area (Å²) >= 11 is 0. The number of rotatable bonds is 7. The lowest BCUT2D eigenvalue weighted by Gasteiger charge is -2.14. The van der Waals surface area contributed by atoms with Gasteiger partial charge in [-0.2, -0.15) is 5.26 Å². The number of carbonyl (C=O) groups is 1. The van der Waals surface area contributed by atoms with Crippen LogP contribution in [0.2, 0.25) is 0 Å². The molecule has 0 unspecified atom stereocenters. The summed E-state index contributed by atoms with van der Waals surface area (Å²) in [6.07, 6.45) is 4.55. The molecule has 0 N–H and O–H groups in total. The van der Waals surface area contributed by atoms with Gasteiger partial charge in [0.1, 0.15) is 0 Å². The Kier molecular flexibility index (Phi) is 8.40. The molecule has 0 spiro atoms. The van der Waals surface area contributed by atoms with Crippen molar-refractivity contribution in [3.8, 4) is 6.07 Å². The summed E-state index contributed by atoms with van der Waals surface area (Å²) in [5.41, 5.74) is 0. The summed E-state index contributed by atoms with van der Waals surface area (Å²) < 4.78 is 5.20. The van der Waals surface area contributed by atoms with Crippen LogP contribution in [0.1, 0.15) is 19.8 Å². The Bertz CT molecular complexity index is 243. The molecule has 4 heteroatoms. The number of carbonyl (C=O) groups excluding carboxylic acids is 1. The Morgan fingerprint density at radius 1 is 1.60 bits per heavy atom. The lowest BCUT2D eigenvalue weighted by Crippen LogP contribution is -2.28. The highest BCUT2D eigenvalue weighted by atomic mass is 16.5. The summed E-state index contributed by atoms with van der Waals surface area (Å²) in [6, 6.07) is 2.00. The molecule has 1 amide bonds. The Morgan fingerprint density at radius 3 is 2.93 bits per heavy atom. The molecule has 15 heavy (non-hydrogen) atoms. The molecule has 0 aromatic rings. The monoisotopic (exact) mass is 210 g/mol. The summed E-state index contributed by atoms with van der Waals surface area (Å²) in [6.45, 7) is 3.39. The lowest BCUT2D eigenvalue weighted by molar-refractivity contribution is -0.130. The van der Waals surface area contributed by atoms with Crippen molar-refractivity contribution >= 4 is 5.91 Å². The van der Waals surface area contributed by atoms with Crippen LogP contribution in [-0.2, 0) is 9.53 Å². The van der Waals surface area contributed by atoms with Gasteiger partial charge in [0.25, 0.3) is 0 Å². The maximum Gasteiger partial charge on any atom is 0.224 e. The highest BCUT2D eigenvalue weighted by molar-refractivity contribution is 5.75. The molecule has 0 bridgehead atoms. The number of hydrogen-bond acceptors (Lipinski definition) is 3. The second kappa shape index (κ2) is 9.22. The summed E-state index contributed by atoms with van der Waals surface area (Å²) in [5.74, 6) is 0.0192. The first kappa shape index (κ1) is 13.7. The van der Waals surface area contributed by atoms with Crippen LogP contribution in [-0.4, -0.2) is 37.6 Å². The van der Waals surface area contributed by atoms with Crippen LogP contribution in [0, 0.1) is 11.3 Å². The average Bonchev–Trinajstić information content (AvgIpc) is 2.25. The normalized spacial score (nSPS) is 10.2. The predicted octanol–water partition coefficient (Wildman–Crippen LogP) is 1.34. The van der Waals surface area contributed by atoms with Gasteiger partial charge in [-0.15, -0.1) is 0 Å². The van der Waals surface area contributed by atoms with Crippen LogP contribution < -0.4 is 0 Å². The van der Waals surface area contributed by atoms with Crippen molar-refractivity contribution in [1.29, 1.82) is 5.26 Å². The van der Waals surface area contributed by atoms with Crippen LogP contribution in [0.3, 0.4) is 0 Å². The minimum atomic E-state index is 0.0192. The second-order valence-electron chi connectivity index (χ2n) is 3.12. The van der Waals surface area contributed by atoms with Gasteiger partial charge >= 0.3 is 0 Å².